The molecule has 0 unspecified atom stereocenters. The summed E-state index contributed by atoms with van der Waals surface area (Å²) in [5.74, 6) is -0.738. The van der Waals surface area contributed by atoms with E-state index >= 15 is 0 Å². The molecule has 2 aromatic rings. The summed E-state index contributed by atoms with van der Waals surface area (Å²) in [4.78, 5) is 11.9. The molecular formula is C20H22F3NO4S. The third kappa shape index (κ3) is 5.20. The lowest BCUT2D eigenvalue weighted by Crippen LogP contribution is -2.40. The monoisotopic (exact) mass is 429 g/mol. The van der Waals surface area contributed by atoms with Crippen molar-refractivity contribution in [1.82, 2.24) is 5.32 Å². The average molecular weight is 429 g/mol. The number of halogens is 3. The fourth-order valence-electron chi connectivity index (χ4n) is 3.48. The molecule has 2 atom stereocenters. The van der Waals surface area contributed by atoms with Crippen LogP contribution in [0, 0.1) is 5.92 Å². The van der Waals surface area contributed by atoms with Gasteiger partial charge in [0.2, 0.25) is 0 Å². The van der Waals surface area contributed by atoms with E-state index < -0.39 is 38.1 Å². The fourth-order valence-corrected chi connectivity index (χ4v) is 4.77. The Labute approximate surface area is 167 Å². The Kier molecular flexibility index (Phi) is 6.07. The van der Waals surface area contributed by atoms with E-state index in [1.54, 1.807) is 0 Å². The Bertz CT molecular complexity index is 982. The molecule has 9 heteroatoms. The van der Waals surface area contributed by atoms with Crippen LogP contribution in [0.25, 0.3) is 0 Å². The van der Waals surface area contributed by atoms with Crippen molar-refractivity contribution in [3.8, 4) is 0 Å². The summed E-state index contributed by atoms with van der Waals surface area (Å²) in [6.45, 7) is 2.07. The molecule has 0 saturated heterocycles. The summed E-state index contributed by atoms with van der Waals surface area (Å²) in [5, 5.41) is 2.91. The Morgan fingerprint density at radius 2 is 1.90 bits per heavy atom. The van der Waals surface area contributed by atoms with Crippen molar-refractivity contribution in [1.29, 1.82) is 0 Å². The fraction of sp³-hybridized carbons (Fsp3) is 0.450. The lowest BCUT2D eigenvalue weighted by molar-refractivity contribution is -0.137. The Morgan fingerprint density at radius 1 is 1.17 bits per heavy atom. The van der Waals surface area contributed by atoms with E-state index in [1.165, 1.54) is 12.1 Å². The van der Waals surface area contributed by atoms with Gasteiger partial charge in [0, 0.05) is 6.04 Å². The number of hydrogen-bond acceptors (Lipinski definition) is 4. The van der Waals surface area contributed by atoms with Gasteiger partial charge in [0.05, 0.1) is 10.5 Å². The van der Waals surface area contributed by atoms with Gasteiger partial charge in [-0.1, -0.05) is 25.8 Å². The van der Waals surface area contributed by atoms with Gasteiger partial charge in [0.1, 0.15) is 11.5 Å². The molecule has 1 amide bonds. The predicted molar refractivity (Wildman–Crippen MR) is 99.9 cm³/mol. The second-order valence-electron chi connectivity index (χ2n) is 7.39. The van der Waals surface area contributed by atoms with E-state index in [4.69, 9.17) is 4.42 Å². The van der Waals surface area contributed by atoms with Gasteiger partial charge < -0.3 is 9.73 Å². The largest absolute Gasteiger partial charge is 0.455 e. The first-order valence-corrected chi connectivity index (χ1v) is 11.0. The number of amides is 1. The second-order valence-corrected chi connectivity index (χ2v) is 9.38. The predicted octanol–water partition coefficient (Wildman–Crippen LogP) is 4.58. The van der Waals surface area contributed by atoms with E-state index in [0.717, 1.165) is 43.9 Å². The van der Waals surface area contributed by atoms with Crippen LogP contribution in [0.5, 0.6) is 0 Å². The molecule has 158 valence electrons. The Hall–Kier alpha value is -2.29. The molecule has 1 N–H and O–H groups in total. The Balaban J connectivity index is 1.71. The maximum atomic E-state index is 12.8. The van der Waals surface area contributed by atoms with Crippen molar-refractivity contribution >= 4 is 15.7 Å². The summed E-state index contributed by atoms with van der Waals surface area (Å²) in [6.07, 6.45) is -0.564. The van der Waals surface area contributed by atoms with Crippen LogP contribution in [0.3, 0.4) is 0 Å². The molecule has 1 aliphatic rings. The molecule has 0 aliphatic heterocycles. The first kappa shape index (κ1) is 21.4. The molecule has 1 aromatic heterocycles. The molecule has 29 heavy (non-hydrogen) atoms. The van der Waals surface area contributed by atoms with Crippen LogP contribution in [0.4, 0.5) is 13.2 Å². The van der Waals surface area contributed by atoms with Gasteiger partial charge >= 0.3 is 6.18 Å². The SMILES string of the molecule is C[C@@H]1CCCC[C@@H]1NC(=O)c1ccc(CS(=O)(=O)c2cccc(C(F)(F)F)c2)o1. The highest BCUT2D eigenvalue weighted by Gasteiger charge is 2.32. The third-order valence-corrected chi connectivity index (χ3v) is 6.80. The van der Waals surface area contributed by atoms with E-state index in [2.05, 4.69) is 12.2 Å². The number of carbonyl (C=O) groups excluding carboxylic acids is 1. The number of hydrogen-bond donors (Lipinski definition) is 1. The molecule has 1 aliphatic carbocycles. The summed E-state index contributed by atoms with van der Waals surface area (Å²) in [6, 6.07) is 6.31. The number of furan rings is 1. The summed E-state index contributed by atoms with van der Waals surface area (Å²) < 4.78 is 68.9. The quantitative estimate of drug-likeness (QED) is 0.755. The zero-order valence-electron chi connectivity index (χ0n) is 15.8. The number of carbonyl (C=O) groups is 1. The first-order chi connectivity index (χ1) is 13.6. The zero-order chi connectivity index (χ0) is 21.2. The molecule has 1 fully saturated rings. The zero-order valence-corrected chi connectivity index (χ0v) is 16.6. The minimum Gasteiger partial charge on any atom is -0.455 e. The van der Waals surface area contributed by atoms with Crippen LogP contribution in [0.1, 0.15) is 54.5 Å². The van der Waals surface area contributed by atoms with Gasteiger partial charge in [0.15, 0.2) is 15.6 Å². The van der Waals surface area contributed by atoms with Gasteiger partial charge in [-0.3, -0.25) is 4.79 Å². The third-order valence-electron chi connectivity index (χ3n) is 5.17. The molecule has 0 radical (unpaired) electrons. The van der Waals surface area contributed by atoms with Crippen LogP contribution in [0.15, 0.2) is 45.7 Å². The van der Waals surface area contributed by atoms with E-state index in [-0.39, 0.29) is 17.6 Å². The van der Waals surface area contributed by atoms with Crippen molar-refractivity contribution in [3.63, 3.8) is 0 Å². The maximum Gasteiger partial charge on any atom is 0.416 e. The lowest BCUT2D eigenvalue weighted by Gasteiger charge is -2.29. The summed E-state index contributed by atoms with van der Waals surface area (Å²) in [7, 11) is -4.07. The minimum atomic E-state index is -4.64. The molecule has 0 bridgehead atoms. The van der Waals surface area contributed by atoms with Gasteiger partial charge in [-0.05, 0) is 49.1 Å². The van der Waals surface area contributed by atoms with Crippen LogP contribution < -0.4 is 5.32 Å². The normalized spacial score (nSPS) is 20.4. The van der Waals surface area contributed by atoms with E-state index in [9.17, 15) is 26.4 Å². The van der Waals surface area contributed by atoms with Crippen molar-refractivity contribution in [3.05, 3.63) is 53.5 Å². The van der Waals surface area contributed by atoms with Crippen LogP contribution in [-0.2, 0) is 21.8 Å². The molecule has 1 aromatic carbocycles. The molecule has 1 heterocycles. The highest BCUT2D eigenvalue weighted by atomic mass is 32.2. The molecule has 3 rings (SSSR count). The number of sulfone groups is 1. The topological polar surface area (TPSA) is 76.4 Å². The maximum absolute atomic E-state index is 12.8. The van der Waals surface area contributed by atoms with Crippen molar-refractivity contribution in [2.45, 2.75) is 55.5 Å². The van der Waals surface area contributed by atoms with Crippen LogP contribution >= 0.6 is 0 Å². The first-order valence-electron chi connectivity index (χ1n) is 9.36. The Morgan fingerprint density at radius 3 is 2.59 bits per heavy atom. The highest BCUT2D eigenvalue weighted by Crippen LogP contribution is 2.31. The molecular weight excluding hydrogens is 407 g/mol. The van der Waals surface area contributed by atoms with Crippen molar-refractivity contribution in [2.24, 2.45) is 5.92 Å². The smallest absolute Gasteiger partial charge is 0.416 e. The number of rotatable bonds is 5. The van der Waals surface area contributed by atoms with Crippen molar-refractivity contribution in [2.75, 3.05) is 0 Å². The molecule has 1 saturated carbocycles. The second kappa shape index (κ2) is 8.22. The van der Waals surface area contributed by atoms with Crippen LogP contribution in [0.2, 0.25) is 0 Å². The molecule has 0 spiro atoms. The number of benzene rings is 1. The molecule has 5 nitrogen and oxygen atoms in total. The van der Waals surface area contributed by atoms with Gasteiger partial charge in [-0.25, -0.2) is 8.42 Å². The summed E-state index contributed by atoms with van der Waals surface area (Å²) in [5.41, 5.74) is -1.04. The average Bonchev–Trinajstić information content (AvgIpc) is 3.11. The van der Waals surface area contributed by atoms with Crippen LogP contribution in [-0.4, -0.2) is 20.4 Å². The standard InChI is InChI=1S/C20H22F3NO4S/c1-13-5-2-3-8-17(13)24-19(25)18-10-9-15(28-18)12-29(26,27)16-7-4-6-14(11-16)20(21,22)23/h4,6-7,9-11,13,17H,2-3,5,8,12H2,1H3,(H,24,25)/t13-,17+/m1/s1. The lowest BCUT2D eigenvalue weighted by atomic mass is 9.86. The van der Waals surface area contributed by atoms with Gasteiger partial charge in [0.25, 0.3) is 5.91 Å². The summed E-state index contributed by atoms with van der Waals surface area (Å²) >= 11 is 0. The number of alkyl halides is 3. The van der Waals surface area contributed by atoms with E-state index in [1.807, 2.05) is 0 Å². The highest BCUT2D eigenvalue weighted by molar-refractivity contribution is 7.90. The minimum absolute atomic E-state index is 0.00995. The number of nitrogens with one attached hydrogen (secondary N) is 1. The van der Waals surface area contributed by atoms with Crippen molar-refractivity contribution < 1.29 is 30.8 Å². The van der Waals surface area contributed by atoms with Gasteiger partial charge in [-0.2, -0.15) is 13.2 Å². The van der Waals surface area contributed by atoms with E-state index in [0.29, 0.717) is 12.0 Å². The van der Waals surface area contributed by atoms with Gasteiger partial charge in [-0.15, -0.1) is 0 Å².